The molecule has 1 saturated heterocycles. The number of hydrogen-bond donors (Lipinski definition) is 0. The summed E-state index contributed by atoms with van der Waals surface area (Å²) in [4.78, 5) is 12.3. The second-order valence-corrected chi connectivity index (χ2v) is 6.44. The van der Waals surface area contributed by atoms with Crippen LogP contribution in [0.15, 0.2) is 36.8 Å². The summed E-state index contributed by atoms with van der Waals surface area (Å²) in [5.41, 5.74) is -0.753. The van der Waals surface area contributed by atoms with Crippen LogP contribution in [0.2, 0.25) is 0 Å². The third-order valence-corrected chi connectivity index (χ3v) is 4.83. The van der Waals surface area contributed by atoms with Gasteiger partial charge in [0.15, 0.2) is 0 Å². The average molecular weight is 375 g/mol. The molecular formula is C19H20F3N5. The summed E-state index contributed by atoms with van der Waals surface area (Å²) in [5, 5.41) is 9.00. The molecule has 142 valence electrons. The number of nitrogens with zero attached hydrogens (tertiary/aromatic N) is 5. The lowest BCUT2D eigenvalue weighted by Crippen LogP contribution is -2.48. The summed E-state index contributed by atoms with van der Waals surface area (Å²) in [6.45, 7) is 4.03. The molecule has 0 bridgehead atoms. The van der Waals surface area contributed by atoms with Crippen molar-refractivity contribution in [2.75, 3.05) is 29.4 Å². The zero-order valence-corrected chi connectivity index (χ0v) is 14.9. The van der Waals surface area contributed by atoms with E-state index < -0.39 is 11.7 Å². The Morgan fingerprint density at radius 1 is 1.33 bits per heavy atom. The highest BCUT2D eigenvalue weighted by Gasteiger charge is 2.35. The lowest BCUT2D eigenvalue weighted by atomic mass is 10.0. The molecule has 27 heavy (non-hydrogen) atoms. The Balaban J connectivity index is 1.87. The fraction of sp³-hybridized carbons (Fsp3) is 0.421. The van der Waals surface area contributed by atoms with Gasteiger partial charge in [-0.15, -0.1) is 0 Å². The quantitative estimate of drug-likeness (QED) is 0.812. The molecule has 8 heteroatoms. The first kappa shape index (κ1) is 19.0. The highest BCUT2D eigenvalue weighted by molar-refractivity contribution is 5.56. The second-order valence-electron chi connectivity index (χ2n) is 6.44. The molecule has 1 atom stereocenters. The van der Waals surface area contributed by atoms with Crippen LogP contribution in [0.5, 0.6) is 0 Å². The summed E-state index contributed by atoms with van der Waals surface area (Å²) in [5.74, 6) is 0.821. The molecule has 2 heterocycles. The SMILES string of the molecule is CCN(c1ccc(C#N)c(C(F)(F)F)c1)C1CCCN(c2ccncn2)C1. The lowest BCUT2D eigenvalue weighted by molar-refractivity contribution is -0.137. The van der Waals surface area contributed by atoms with E-state index in [1.807, 2.05) is 17.9 Å². The fourth-order valence-electron chi connectivity index (χ4n) is 3.58. The molecule has 0 saturated carbocycles. The minimum Gasteiger partial charge on any atom is -0.367 e. The first-order chi connectivity index (χ1) is 12.9. The first-order valence-electron chi connectivity index (χ1n) is 8.83. The summed E-state index contributed by atoms with van der Waals surface area (Å²) < 4.78 is 39.9. The summed E-state index contributed by atoms with van der Waals surface area (Å²) >= 11 is 0. The molecular weight excluding hydrogens is 355 g/mol. The van der Waals surface area contributed by atoms with Gasteiger partial charge in [-0.1, -0.05) is 0 Å². The molecule has 0 spiro atoms. The van der Waals surface area contributed by atoms with Crippen molar-refractivity contribution in [3.63, 3.8) is 0 Å². The molecule has 2 aromatic rings. The molecule has 0 amide bonds. The second kappa shape index (κ2) is 7.82. The smallest absolute Gasteiger partial charge is 0.367 e. The van der Waals surface area contributed by atoms with Gasteiger partial charge in [-0.05, 0) is 44.0 Å². The van der Waals surface area contributed by atoms with Crippen LogP contribution < -0.4 is 9.80 Å². The molecule has 1 aromatic heterocycles. The van der Waals surface area contributed by atoms with Crippen molar-refractivity contribution in [1.29, 1.82) is 5.26 Å². The highest BCUT2D eigenvalue weighted by Crippen LogP contribution is 2.35. The third-order valence-electron chi connectivity index (χ3n) is 4.83. The van der Waals surface area contributed by atoms with Crippen molar-refractivity contribution in [2.45, 2.75) is 32.0 Å². The number of anilines is 2. The number of nitriles is 1. The van der Waals surface area contributed by atoms with Gasteiger partial charge >= 0.3 is 6.18 Å². The van der Waals surface area contributed by atoms with Crippen LogP contribution in [0.4, 0.5) is 24.7 Å². The largest absolute Gasteiger partial charge is 0.417 e. The minimum absolute atomic E-state index is 0.0627. The standard InChI is InChI=1S/C19H20F3N5/c1-2-27(15-6-5-14(11-23)17(10-15)19(20,21)22)16-4-3-9-26(12-16)18-7-8-24-13-25-18/h5-8,10,13,16H,2-4,9,12H2,1H3. The van der Waals surface area contributed by atoms with Crippen LogP contribution >= 0.6 is 0 Å². The molecule has 1 aliphatic rings. The number of hydrogen-bond acceptors (Lipinski definition) is 5. The van der Waals surface area contributed by atoms with Crippen molar-refractivity contribution < 1.29 is 13.2 Å². The van der Waals surface area contributed by atoms with Gasteiger partial charge in [0.25, 0.3) is 0 Å². The highest BCUT2D eigenvalue weighted by atomic mass is 19.4. The van der Waals surface area contributed by atoms with E-state index in [1.54, 1.807) is 18.3 Å². The van der Waals surface area contributed by atoms with E-state index >= 15 is 0 Å². The van der Waals surface area contributed by atoms with Gasteiger partial charge < -0.3 is 9.80 Å². The number of benzene rings is 1. The zero-order chi connectivity index (χ0) is 19.4. The maximum atomic E-state index is 13.3. The molecule has 0 N–H and O–H groups in total. The van der Waals surface area contributed by atoms with E-state index in [-0.39, 0.29) is 11.6 Å². The van der Waals surface area contributed by atoms with Crippen LogP contribution in [-0.4, -0.2) is 35.6 Å². The van der Waals surface area contributed by atoms with Crippen LogP contribution in [0, 0.1) is 11.3 Å². The summed E-state index contributed by atoms with van der Waals surface area (Å²) in [6.07, 6.45) is 0.427. The van der Waals surface area contributed by atoms with E-state index in [9.17, 15) is 13.2 Å². The fourth-order valence-corrected chi connectivity index (χ4v) is 3.58. The molecule has 0 aliphatic carbocycles. The molecule has 1 fully saturated rings. The van der Waals surface area contributed by atoms with Gasteiger partial charge in [0.1, 0.15) is 12.1 Å². The number of alkyl halides is 3. The molecule has 0 radical (unpaired) electrons. The van der Waals surface area contributed by atoms with Crippen LogP contribution in [0.1, 0.15) is 30.9 Å². The van der Waals surface area contributed by atoms with Gasteiger partial charge in [-0.25, -0.2) is 9.97 Å². The lowest BCUT2D eigenvalue weighted by Gasteiger charge is -2.40. The van der Waals surface area contributed by atoms with Crippen LogP contribution in [0.25, 0.3) is 0 Å². The summed E-state index contributed by atoms with van der Waals surface area (Å²) in [6, 6.07) is 7.47. The predicted octanol–water partition coefficient (Wildman–Crippen LogP) is 3.86. The van der Waals surface area contributed by atoms with E-state index in [2.05, 4.69) is 14.9 Å². The Labute approximate surface area is 156 Å². The monoisotopic (exact) mass is 375 g/mol. The maximum Gasteiger partial charge on any atom is 0.417 e. The van der Waals surface area contributed by atoms with Crippen molar-refractivity contribution >= 4 is 11.5 Å². The summed E-state index contributed by atoms with van der Waals surface area (Å²) in [7, 11) is 0. The Hall–Kier alpha value is -2.82. The maximum absolute atomic E-state index is 13.3. The van der Waals surface area contributed by atoms with Crippen molar-refractivity contribution in [1.82, 2.24) is 9.97 Å². The average Bonchev–Trinajstić information content (AvgIpc) is 2.69. The van der Waals surface area contributed by atoms with Crippen molar-refractivity contribution in [3.8, 4) is 6.07 Å². The van der Waals surface area contributed by atoms with Gasteiger partial charge in [0.05, 0.1) is 17.2 Å². The first-order valence-corrected chi connectivity index (χ1v) is 8.83. The Morgan fingerprint density at radius 2 is 2.15 bits per heavy atom. The molecule has 1 unspecified atom stereocenters. The topological polar surface area (TPSA) is 56.1 Å². The molecule has 5 nitrogen and oxygen atoms in total. The normalized spacial score (nSPS) is 17.4. The Kier molecular flexibility index (Phi) is 5.49. The van der Waals surface area contributed by atoms with Gasteiger partial charge in [0, 0.05) is 37.6 Å². The Bertz CT molecular complexity index is 816. The van der Waals surface area contributed by atoms with Crippen molar-refractivity contribution in [3.05, 3.63) is 47.9 Å². The number of likely N-dealkylation sites (N-methyl/N-ethyl adjacent to an activating group) is 1. The predicted molar refractivity (Wildman–Crippen MR) is 96.4 cm³/mol. The molecule has 3 rings (SSSR count). The van der Waals surface area contributed by atoms with E-state index in [0.29, 0.717) is 18.8 Å². The van der Waals surface area contributed by atoms with Gasteiger partial charge in [-0.2, -0.15) is 18.4 Å². The molecule has 1 aliphatic heterocycles. The van der Waals surface area contributed by atoms with E-state index in [4.69, 9.17) is 5.26 Å². The van der Waals surface area contributed by atoms with E-state index in [0.717, 1.165) is 31.3 Å². The number of piperidine rings is 1. The minimum atomic E-state index is -4.56. The number of rotatable bonds is 4. The number of aromatic nitrogens is 2. The van der Waals surface area contributed by atoms with Gasteiger partial charge in [0.2, 0.25) is 0 Å². The van der Waals surface area contributed by atoms with E-state index in [1.165, 1.54) is 12.4 Å². The Morgan fingerprint density at radius 3 is 2.78 bits per heavy atom. The third kappa shape index (κ3) is 4.13. The van der Waals surface area contributed by atoms with Crippen molar-refractivity contribution in [2.24, 2.45) is 0 Å². The van der Waals surface area contributed by atoms with Gasteiger partial charge in [-0.3, -0.25) is 0 Å². The zero-order valence-electron chi connectivity index (χ0n) is 14.9. The van der Waals surface area contributed by atoms with Crippen LogP contribution in [-0.2, 0) is 6.18 Å². The van der Waals surface area contributed by atoms with Crippen LogP contribution in [0.3, 0.4) is 0 Å². The molecule has 1 aromatic carbocycles. The number of halogens is 3.